The van der Waals surface area contributed by atoms with Gasteiger partial charge in [0.05, 0.1) is 0 Å². The minimum Gasteiger partial charge on any atom is -0.462 e. The molecule has 0 bridgehead atoms. The third kappa shape index (κ3) is 2.39. The fraction of sp³-hybridized carbons (Fsp3) is 0.235. The minimum absolute atomic E-state index is 0.141. The van der Waals surface area contributed by atoms with Crippen molar-refractivity contribution in [2.45, 2.75) is 26.2 Å². The summed E-state index contributed by atoms with van der Waals surface area (Å²) in [5.41, 5.74) is 2.85. The molecule has 2 heteroatoms. The maximum atomic E-state index is 12.5. The number of fused-ring (bicyclic) bond motifs is 1. The van der Waals surface area contributed by atoms with Crippen LogP contribution in [-0.4, -0.2) is 5.78 Å². The van der Waals surface area contributed by atoms with E-state index in [0.717, 1.165) is 47.5 Å². The van der Waals surface area contributed by atoms with Crippen LogP contribution in [0.25, 0.3) is 6.08 Å². The summed E-state index contributed by atoms with van der Waals surface area (Å²) in [5.74, 6) is 1.77. The van der Waals surface area contributed by atoms with E-state index in [1.165, 1.54) is 0 Å². The molecule has 0 saturated carbocycles. The van der Waals surface area contributed by atoms with E-state index in [0.29, 0.717) is 0 Å². The van der Waals surface area contributed by atoms with Crippen molar-refractivity contribution in [3.8, 4) is 0 Å². The zero-order valence-electron chi connectivity index (χ0n) is 11.0. The van der Waals surface area contributed by atoms with E-state index in [1.54, 1.807) is 0 Å². The molecule has 1 aliphatic carbocycles. The van der Waals surface area contributed by atoms with Crippen LogP contribution in [-0.2, 0) is 6.42 Å². The molecule has 0 radical (unpaired) electrons. The highest BCUT2D eigenvalue weighted by Crippen LogP contribution is 2.26. The number of rotatable bonds is 1. The number of benzene rings is 1. The molecule has 1 aliphatic rings. The smallest absolute Gasteiger partial charge is 0.189 e. The predicted molar refractivity (Wildman–Crippen MR) is 75.1 cm³/mol. The third-order valence-electron chi connectivity index (χ3n) is 3.52. The summed E-state index contributed by atoms with van der Waals surface area (Å²) in [5, 5.41) is 0. The second-order valence-electron chi connectivity index (χ2n) is 4.96. The maximum Gasteiger partial charge on any atom is 0.189 e. The molecule has 96 valence electrons. The maximum absolute atomic E-state index is 12.5. The summed E-state index contributed by atoms with van der Waals surface area (Å²) < 4.78 is 5.53. The van der Waals surface area contributed by atoms with E-state index in [-0.39, 0.29) is 5.78 Å². The lowest BCUT2D eigenvalue weighted by atomic mass is 9.99. The molecule has 1 heterocycles. The summed E-state index contributed by atoms with van der Waals surface area (Å²) in [4.78, 5) is 12.5. The summed E-state index contributed by atoms with van der Waals surface area (Å²) >= 11 is 0. The van der Waals surface area contributed by atoms with Crippen LogP contribution >= 0.6 is 0 Å². The first kappa shape index (κ1) is 12.0. The average molecular weight is 252 g/mol. The highest BCUT2D eigenvalue weighted by atomic mass is 16.3. The van der Waals surface area contributed by atoms with Crippen molar-refractivity contribution in [1.82, 2.24) is 0 Å². The first-order chi connectivity index (χ1) is 9.24. The average Bonchev–Trinajstić information content (AvgIpc) is 2.75. The SMILES string of the molecule is Cc1ccc(/C=C2/CCCc3ccccc3C2=O)o1. The monoisotopic (exact) mass is 252 g/mol. The number of aryl methyl sites for hydroxylation is 2. The Morgan fingerprint density at radius 3 is 2.74 bits per heavy atom. The number of Topliss-reactive ketones (excluding diaryl/α,β-unsaturated/α-hetero) is 1. The molecule has 0 N–H and O–H groups in total. The van der Waals surface area contributed by atoms with E-state index in [4.69, 9.17) is 4.42 Å². The van der Waals surface area contributed by atoms with Crippen LogP contribution in [0.4, 0.5) is 0 Å². The van der Waals surface area contributed by atoms with Gasteiger partial charge < -0.3 is 4.42 Å². The zero-order chi connectivity index (χ0) is 13.2. The van der Waals surface area contributed by atoms with E-state index in [2.05, 4.69) is 0 Å². The van der Waals surface area contributed by atoms with Gasteiger partial charge in [0.15, 0.2) is 5.78 Å². The largest absolute Gasteiger partial charge is 0.462 e. The van der Waals surface area contributed by atoms with Gasteiger partial charge in [0.25, 0.3) is 0 Å². The molecule has 3 rings (SSSR count). The van der Waals surface area contributed by atoms with Crippen molar-refractivity contribution in [1.29, 1.82) is 0 Å². The lowest BCUT2D eigenvalue weighted by Gasteiger charge is -2.04. The fourth-order valence-corrected chi connectivity index (χ4v) is 2.56. The molecule has 2 nitrogen and oxygen atoms in total. The van der Waals surface area contributed by atoms with Crippen molar-refractivity contribution < 1.29 is 9.21 Å². The second-order valence-corrected chi connectivity index (χ2v) is 4.96. The number of furan rings is 1. The Balaban J connectivity index is 2.00. The molecule has 0 amide bonds. The van der Waals surface area contributed by atoms with E-state index < -0.39 is 0 Å². The van der Waals surface area contributed by atoms with Gasteiger partial charge in [-0.05, 0) is 50.0 Å². The molecule has 2 aromatic rings. The van der Waals surface area contributed by atoms with Gasteiger partial charge in [0, 0.05) is 11.1 Å². The van der Waals surface area contributed by atoms with Crippen LogP contribution in [0.2, 0.25) is 0 Å². The molecule has 1 aromatic heterocycles. The molecule has 0 saturated heterocycles. The summed E-state index contributed by atoms with van der Waals surface area (Å²) in [6.07, 6.45) is 4.68. The Labute approximate surface area is 112 Å². The molecular weight excluding hydrogens is 236 g/mol. The summed E-state index contributed by atoms with van der Waals surface area (Å²) in [6.45, 7) is 1.91. The lowest BCUT2D eigenvalue weighted by Crippen LogP contribution is -2.03. The van der Waals surface area contributed by atoms with Gasteiger partial charge in [0.2, 0.25) is 0 Å². The zero-order valence-corrected chi connectivity index (χ0v) is 11.0. The van der Waals surface area contributed by atoms with Crippen molar-refractivity contribution in [3.05, 3.63) is 64.6 Å². The quantitative estimate of drug-likeness (QED) is 0.562. The number of hydrogen-bond acceptors (Lipinski definition) is 2. The first-order valence-electron chi connectivity index (χ1n) is 6.63. The fourth-order valence-electron chi connectivity index (χ4n) is 2.56. The Kier molecular flexibility index (Phi) is 3.08. The normalized spacial score (nSPS) is 17.3. The minimum atomic E-state index is 0.141. The first-order valence-corrected chi connectivity index (χ1v) is 6.63. The standard InChI is InChI=1S/C17H16O2/c1-12-9-10-15(19-12)11-14-7-4-6-13-5-2-3-8-16(13)17(14)18/h2-3,5,8-11H,4,6-7H2,1H3/b14-11-. The number of carbonyl (C=O) groups is 1. The van der Waals surface area contributed by atoms with Crippen molar-refractivity contribution in [2.75, 3.05) is 0 Å². The van der Waals surface area contributed by atoms with Crippen molar-refractivity contribution >= 4 is 11.9 Å². The van der Waals surface area contributed by atoms with Crippen molar-refractivity contribution in [3.63, 3.8) is 0 Å². The molecule has 0 aliphatic heterocycles. The highest BCUT2D eigenvalue weighted by Gasteiger charge is 2.19. The van der Waals surface area contributed by atoms with Crippen LogP contribution in [0.5, 0.6) is 0 Å². The number of hydrogen-bond donors (Lipinski definition) is 0. The van der Waals surface area contributed by atoms with Gasteiger partial charge in [-0.1, -0.05) is 24.3 Å². The number of ketones is 1. The molecule has 0 atom stereocenters. The van der Waals surface area contributed by atoms with Gasteiger partial charge in [-0.3, -0.25) is 4.79 Å². The van der Waals surface area contributed by atoms with E-state index >= 15 is 0 Å². The van der Waals surface area contributed by atoms with Crippen molar-refractivity contribution in [2.24, 2.45) is 0 Å². The van der Waals surface area contributed by atoms with Gasteiger partial charge in [-0.15, -0.1) is 0 Å². The Morgan fingerprint density at radius 1 is 1.11 bits per heavy atom. The number of carbonyl (C=O) groups excluding carboxylic acids is 1. The van der Waals surface area contributed by atoms with Gasteiger partial charge in [-0.2, -0.15) is 0 Å². The Morgan fingerprint density at radius 2 is 1.95 bits per heavy atom. The molecule has 0 fully saturated rings. The Bertz CT molecular complexity index is 647. The molecule has 0 unspecified atom stereocenters. The van der Waals surface area contributed by atoms with Crippen LogP contribution < -0.4 is 0 Å². The second kappa shape index (κ2) is 4.88. The van der Waals surface area contributed by atoms with Crippen LogP contribution in [0.3, 0.4) is 0 Å². The summed E-state index contributed by atoms with van der Waals surface area (Å²) in [6, 6.07) is 11.7. The molecule has 1 aromatic carbocycles. The van der Waals surface area contributed by atoms with Gasteiger partial charge in [0.1, 0.15) is 11.5 Å². The van der Waals surface area contributed by atoms with E-state index in [9.17, 15) is 4.79 Å². The van der Waals surface area contributed by atoms with Crippen LogP contribution in [0, 0.1) is 6.92 Å². The predicted octanol–water partition coefficient (Wildman–Crippen LogP) is 4.19. The Hall–Kier alpha value is -2.09. The molecular formula is C17H16O2. The summed E-state index contributed by atoms with van der Waals surface area (Å²) in [7, 11) is 0. The third-order valence-corrected chi connectivity index (χ3v) is 3.52. The number of allylic oxidation sites excluding steroid dienone is 1. The van der Waals surface area contributed by atoms with E-state index in [1.807, 2.05) is 49.4 Å². The topological polar surface area (TPSA) is 30.2 Å². The molecule has 19 heavy (non-hydrogen) atoms. The molecule has 0 spiro atoms. The lowest BCUT2D eigenvalue weighted by molar-refractivity contribution is 0.103. The van der Waals surface area contributed by atoms with Crippen LogP contribution in [0.1, 0.15) is 40.3 Å². The van der Waals surface area contributed by atoms with Gasteiger partial charge in [-0.25, -0.2) is 0 Å². The van der Waals surface area contributed by atoms with Crippen LogP contribution in [0.15, 0.2) is 46.4 Å². The highest BCUT2D eigenvalue weighted by molar-refractivity contribution is 6.12. The van der Waals surface area contributed by atoms with Gasteiger partial charge >= 0.3 is 0 Å².